The van der Waals surface area contributed by atoms with Crippen molar-refractivity contribution in [2.45, 2.75) is 23.8 Å². The average Bonchev–Trinajstić information content (AvgIpc) is 3.51. The van der Waals surface area contributed by atoms with Crippen molar-refractivity contribution < 1.29 is 23.1 Å². The van der Waals surface area contributed by atoms with Gasteiger partial charge in [0.15, 0.2) is 5.76 Å². The number of sulfonamides is 1. The highest BCUT2D eigenvalue weighted by atomic mass is 32.2. The first-order valence-electron chi connectivity index (χ1n) is 11.1. The molecule has 1 aliphatic heterocycles. The van der Waals surface area contributed by atoms with Gasteiger partial charge in [-0.3, -0.25) is 4.79 Å². The molecule has 2 aliphatic rings. The number of fused-ring (bicyclic) bond motifs is 2. The molecule has 4 aromatic rings. The number of benzene rings is 2. The van der Waals surface area contributed by atoms with Gasteiger partial charge in [0.1, 0.15) is 22.7 Å². The number of allylic oxidation sites excluding steroid dienone is 1. The molecule has 2 N–H and O–H groups in total. The molecule has 1 aliphatic carbocycles. The molecular formula is C26H21N3O5S. The number of carbonyl (C=O) groups is 1. The van der Waals surface area contributed by atoms with Gasteiger partial charge in [-0.05, 0) is 60.4 Å². The van der Waals surface area contributed by atoms with Crippen LogP contribution in [0.1, 0.15) is 28.8 Å². The Bertz CT molecular complexity index is 1650. The molecule has 0 radical (unpaired) electrons. The molecule has 3 heterocycles. The Kier molecular flexibility index (Phi) is 4.80. The summed E-state index contributed by atoms with van der Waals surface area (Å²) in [5, 5.41) is 10.9. The lowest BCUT2D eigenvalue weighted by Gasteiger charge is -2.08. The Morgan fingerprint density at radius 2 is 1.91 bits per heavy atom. The zero-order valence-electron chi connectivity index (χ0n) is 18.7. The van der Waals surface area contributed by atoms with Crippen LogP contribution in [0.3, 0.4) is 0 Å². The fourth-order valence-electron chi connectivity index (χ4n) is 4.35. The van der Waals surface area contributed by atoms with E-state index in [2.05, 4.69) is 9.71 Å². The molecule has 1 saturated carbocycles. The van der Waals surface area contributed by atoms with E-state index in [1.165, 1.54) is 6.07 Å². The first-order valence-corrected chi connectivity index (χ1v) is 12.6. The first kappa shape index (κ1) is 21.6. The second-order valence-corrected chi connectivity index (χ2v) is 10.5. The molecule has 0 bridgehead atoms. The molecule has 8 nitrogen and oxygen atoms in total. The number of aryl methyl sites for hydroxylation is 1. The van der Waals surface area contributed by atoms with Crippen LogP contribution < -0.4 is 9.46 Å². The van der Waals surface area contributed by atoms with Gasteiger partial charge in [0.2, 0.25) is 15.8 Å². The number of nitrogens with zero attached hydrogens (tertiary/aromatic N) is 2. The SMILES string of the molecule is Cn1cc(/C=C2\Oc3cccc(O)c3C2=O)c2c(-c3ccc(S(=O)(=O)NC4CC4)cc3)ccnc21. The zero-order valence-corrected chi connectivity index (χ0v) is 19.5. The predicted molar refractivity (Wildman–Crippen MR) is 131 cm³/mol. The normalized spacial score (nSPS) is 16.6. The summed E-state index contributed by atoms with van der Waals surface area (Å²) in [6.45, 7) is 0. The molecule has 0 unspecified atom stereocenters. The van der Waals surface area contributed by atoms with E-state index in [9.17, 15) is 18.3 Å². The predicted octanol–water partition coefficient (Wildman–Crippen LogP) is 4.00. The number of rotatable bonds is 5. The summed E-state index contributed by atoms with van der Waals surface area (Å²) in [4.78, 5) is 17.6. The number of phenols is 1. The van der Waals surface area contributed by atoms with Crippen LogP contribution in [0.2, 0.25) is 0 Å². The quantitative estimate of drug-likeness (QED) is 0.412. The third-order valence-electron chi connectivity index (χ3n) is 6.22. The van der Waals surface area contributed by atoms with Gasteiger partial charge in [-0.2, -0.15) is 0 Å². The summed E-state index contributed by atoms with van der Waals surface area (Å²) < 4.78 is 35.4. The van der Waals surface area contributed by atoms with E-state index < -0.39 is 15.8 Å². The molecule has 2 aromatic heterocycles. The molecule has 35 heavy (non-hydrogen) atoms. The highest BCUT2D eigenvalue weighted by Crippen LogP contribution is 2.39. The van der Waals surface area contributed by atoms with Crippen molar-refractivity contribution in [3.05, 3.63) is 77.8 Å². The van der Waals surface area contributed by atoms with Crippen LogP contribution in [0.15, 0.2) is 71.6 Å². The summed E-state index contributed by atoms with van der Waals surface area (Å²) >= 11 is 0. The minimum absolute atomic E-state index is 0.0352. The van der Waals surface area contributed by atoms with Crippen LogP contribution >= 0.6 is 0 Å². The van der Waals surface area contributed by atoms with E-state index in [-0.39, 0.29) is 28.0 Å². The Hall–Kier alpha value is -3.95. The van der Waals surface area contributed by atoms with Crippen molar-refractivity contribution >= 4 is 32.9 Å². The lowest BCUT2D eigenvalue weighted by Crippen LogP contribution is -2.25. The average molecular weight is 488 g/mol. The maximum Gasteiger partial charge on any atom is 0.240 e. The minimum Gasteiger partial charge on any atom is -0.507 e. The smallest absolute Gasteiger partial charge is 0.240 e. The topological polar surface area (TPSA) is 111 Å². The summed E-state index contributed by atoms with van der Waals surface area (Å²) in [5.74, 6) is -0.0894. The van der Waals surface area contributed by atoms with Gasteiger partial charge in [0.05, 0.1) is 4.90 Å². The molecule has 0 amide bonds. The van der Waals surface area contributed by atoms with Crippen molar-refractivity contribution in [3.8, 4) is 22.6 Å². The molecule has 6 rings (SSSR count). The van der Waals surface area contributed by atoms with E-state index in [0.717, 1.165) is 29.4 Å². The fraction of sp³-hybridized carbons (Fsp3) is 0.154. The van der Waals surface area contributed by atoms with Crippen molar-refractivity contribution in [3.63, 3.8) is 0 Å². The van der Waals surface area contributed by atoms with Crippen molar-refractivity contribution in [2.24, 2.45) is 7.05 Å². The molecule has 176 valence electrons. The summed E-state index contributed by atoms with van der Waals surface area (Å²) in [6, 6.07) is 13.3. The molecule has 0 atom stereocenters. The number of ether oxygens (including phenoxy) is 1. The Morgan fingerprint density at radius 3 is 2.63 bits per heavy atom. The van der Waals surface area contributed by atoms with E-state index in [4.69, 9.17) is 4.74 Å². The van der Waals surface area contributed by atoms with Crippen LogP contribution in [-0.4, -0.2) is 34.9 Å². The number of aromatic nitrogens is 2. The van der Waals surface area contributed by atoms with Gasteiger partial charge in [-0.1, -0.05) is 18.2 Å². The second kappa shape index (κ2) is 7.79. The largest absolute Gasteiger partial charge is 0.507 e. The van der Waals surface area contributed by atoms with Crippen LogP contribution in [0.4, 0.5) is 0 Å². The Labute approximate surface area is 201 Å². The van der Waals surface area contributed by atoms with Crippen LogP contribution in [0, 0.1) is 0 Å². The van der Waals surface area contributed by atoms with Gasteiger partial charge < -0.3 is 14.4 Å². The molecule has 2 aromatic carbocycles. The molecule has 1 fully saturated rings. The van der Waals surface area contributed by atoms with Crippen molar-refractivity contribution in [1.29, 1.82) is 0 Å². The van der Waals surface area contributed by atoms with Crippen molar-refractivity contribution in [2.75, 3.05) is 0 Å². The maximum atomic E-state index is 12.9. The van der Waals surface area contributed by atoms with Gasteiger partial charge in [-0.15, -0.1) is 0 Å². The molecular weight excluding hydrogens is 466 g/mol. The molecule has 0 spiro atoms. The molecule has 0 saturated heterocycles. The number of aromatic hydroxyl groups is 1. The summed E-state index contributed by atoms with van der Waals surface area (Å²) in [6.07, 6.45) is 6.93. The zero-order chi connectivity index (χ0) is 24.3. The Balaban J connectivity index is 1.42. The van der Waals surface area contributed by atoms with E-state index >= 15 is 0 Å². The lowest BCUT2D eigenvalue weighted by molar-refractivity contribution is 0.101. The number of ketones is 1. The highest BCUT2D eigenvalue weighted by Gasteiger charge is 2.31. The van der Waals surface area contributed by atoms with Crippen LogP contribution in [0.5, 0.6) is 11.5 Å². The third kappa shape index (κ3) is 3.69. The maximum absolute atomic E-state index is 12.9. The van der Waals surface area contributed by atoms with Gasteiger partial charge in [0.25, 0.3) is 0 Å². The fourth-order valence-corrected chi connectivity index (χ4v) is 5.65. The number of Topliss-reactive ketones (excluding diaryl/α,β-unsaturated/α-hetero) is 1. The summed E-state index contributed by atoms with van der Waals surface area (Å²) in [5.41, 5.74) is 3.22. The van der Waals surface area contributed by atoms with Gasteiger partial charge >= 0.3 is 0 Å². The second-order valence-electron chi connectivity index (χ2n) is 8.76. The van der Waals surface area contributed by atoms with Crippen molar-refractivity contribution in [1.82, 2.24) is 14.3 Å². The van der Waals surface area contributed by atoms with Crippen LogP contribution in [-0.2, 0) is 17.1 Å². The number of hydrogen-bond acceptors (Lipinski definition) is 6. The van der Waals surface area contributed by atoms with Crippen LogP contribution in [0.25, 0.3) is 28.2 Å². The number of phenolic OH excluding ortho intramolecular Hbond substituents is 1. The van der Waals surface area contributed by atoms with E-state index in [1.807, 2.05) is 23.9 Å². The van der Waals surface area contributed by atoms with E-state index in [1.54, 1.807) is 48.7 Å². The first-order chi connectivity index (χ1) is 16.8. The number of nitrogens with one attached hydrogen (secondary N) is 1. The number of hydrogen-bond donors (Lipinski definition) is 2. The monoisotopic (exact) mass is 487 g/mol. The lowest BCUT2D eigenvalue weighted by atomic mass is 10.0. The third-order valence-corrected chi connectivity index (χ3v) is 7.76. The minimum atomic E-state index is -3.54. The highest BCUT2D eigenvalue weighted by molar-refractivity contribution is 7.89. The number of pyridine rings is 1. The van der Waals surface area contributed by atoms with Gasteiger partial charge in [-0.25, -0.2) is 18.1 Å². The molecule has 9 heteroatoms. The summed E-state index contributed by atoms with van der Waals surface area (Å²) in [7, 11) is -1.69. The Morgan fingerprint density at radius 1 is 1.14 bits per heavy atom. The standard InChI is InChI=1S/C26H21N3O5S/c1-29-14-16(13-22-25(31)24-20(30)3-2-4-21(24)34-22)23-19(11-12-27-26(23)29)15-5-9-18(10-6-15)35(32,33)28-17-7-8-17/h2-6,9-14,17,28,30H,7-8H2,1H3/b22-13-. The van der Waals surface area contributed by atoms with Gasteiger partial charge in [0, 0.05) is 36.4 Å². The van der Waals surface area contributed by atoms with E-state index in [0.29, 0.717) is 17.0 Å². The number of carbonyl (C=O) groups excluding carboxylic acids is 1.